The largest absolute Gasteiger partial charge is 0.299 e. The van der Waals surface area contributed by atoms with Crippen molar-refractivity contribution in [3.63, 3.8) is 0 Å². The van der Waals surface area contributed by atoms with Gasteiger partial charge in [-0.25, -0.2) is 0 Å². The van der Waals surface area contributed by atoms with E-state index in [2.05, 4.69) is 5.10 Å². The van der Waals surface area contributed by atoms with Crippen molar-refractivity contribution in [1.29, 1.82) is 0 Å². The Labute approximate surface area is 115 Å². The molecule has 2 aromatic heterocycles. The number of Topliss-reactive ketones (excluding diaryl/α,β-unsaturated/α-hetero) is 1. The second kappa shape index (κ2) is 4.97. The maximum atomic E-state index is 12.1. The summed E-state index contributed by atoms with van der Waals surface area (Å²) in [7, 11) is 1.91. The summed E-state index contributed by atoms with van der Waals surface area (Å²) in [5.41, 5.74) is 3.04. The van der Waals surface area contributed by atoms with Crippen LogP contribution in [0.3, 0.4) is 0 Å². The number of rotatable bonds is 4. The van der Waals surface area contributed by atoms with Crippen LogP contribution in [0.2, 0.25) is 0 Å². The standard InChI is InChI=1S/C15H14N2OS/c1-17-15-5-3-2-4-13(15)14(16-17)9-12(18)8-11-6-7-19-10-11/h2-7,10H,8-9H2,1H3. The molecular formula is C15H14N2OS. The van der Waals surface area contributed by atoms with Gasteiger partial charge >= 0.3 is 0 Å². The Bertz CT molecular complexity index is 713. The van der Waals surface area contributed by atoms with Crippen LogP contribution in [-0.2, 0) is 24.7 Å². The number of thiophene rings is 1. The van der Waals surface area contributed by atoms with Crippen LogP contribution in [0.15, 0.2) is 41.1 Å². The molecule has 0 aliphatic heterocycles. The van der Waals surface area contributed by atoms with Crippen LogP contribution in [0.4, 0.5) is 0 Å². The first-order chi connectivity index (χ1) is 9.24. The van der Waals surface area contributed by atoms with Crippen LogP contribution in [0.25, 0.3) is 10.9 Å². The number of ketones is 1. The zero-order chi connectivity index (χ0) is 13.2. The van der Waals surface area contributed by atoms with E-state index >= 15 is 0 Å². The zero-order valence-corrected chi connectivity index (χ0v) is 11.5. The van der Waals surface area contributed by atoms with E-state index in [0.29, 0.717) is 12.8 Å². The number of fused-ring (bicyclic) bond motifs is 1. The van der Waals surface area contributed by atoms with E-state index in [1.807, 2.05) is 52.8 Å². The summed E-state index contributed by atoms with van der Waals surface area (Å²) in [5, 5.41) is 9.55. The van der Waals surface area contributed by atoms with Crippen LogP contribution in [0.1, 0.15) is 11.3 Å². The van der Waals surface area contributed by atoms with E-state index in [9.17, 15) is 4.79 Å². The third-order valence-electron chi connectivity index (χ3n) is 3.18. The molecule has 0 aliphatic rings. The molecule has 0 saturated carbocycles. The van der Waals surface area contributed by atoms with Crippen molar-refractivity contribution in [2.45, 2.75) is 12.8 Å². The molecule has 0 atom stereocenters. The van der Waals surface area contributed by atoms with Gasteiger partial charge in [-0.3, -0.25) is 9.48 Å². The number of carbonyl (C=O) groups excluding carboxylic acids is 1. The van der Waals surface area contributed by atoms with Crippen LogP contribution in [0, 0.1) is 0 Å². The Hall–Kier alpha value is -1.94. The molecule has 3 nitrogen and oxygen atoms in total. The van der Waals surface area contributed by atoms with Crippen molar-refractivity contribution in [3.8, 4) is 0 Å². The molecule has 19 heavy (non-hydrogen) atoms. The van der Waals surface area contributed by atoms with Crippen molar-refractivity contribution in [3.05, 3.63) is 52.3 Å². The van der Waals surface area contributed by atoms with Gasteiger partial charge in [-0.05, 0) is 28.5 Å². The lowest BCUT2D eigenvalue weighted by Gasteiger charge is -1.97. The van der Waals surface area contributed by atoms with Gasteiger partial charge in [0.1, 0.15) is 5.78 Å². The highest BCUT2D eigenvalue weighted by atomic mass is 32.1. The van der Waals surface area contributed by atoms with Gasteiger partial charge in [-0.1, -0.05) is 18.2 Å². The molecule has 2 heterocycles. The normalized spacial score (nSPS) is 11.0. The van der Waals surface area contributed by atoms with Gasteiger partial charge in [-0.2, -0.15) is 16.4 Å². The van der Waals surface area contributed by atoms with Gasteiger partial charge in [0, 0.05) is 18.9 Å². The second-order valence-corrected chi connectivity index (χ2v) is 5.39. The highest BCUT2D eigenvalue weighted by Gasteiger charge is 2.12. The van der Waals surface area contributed by atoms with E-state index in [4.69, 9.17) is 0 Å². The number of aromatic nitrogens is 2. The minimum atomic E-state index is 0.210. The van der Waals surface area contributed by atoms with Crippen LogP contribution < -0.4 is 0 Å². The fourth-order valence-corrected chi connectivity index (χ4v) is 2.96. The Balaban J connectivity index is 1.83. The van der Waals surface area contributed by atoms with Gasteiger partial charge in [0.15, 0.2) is 0 Å². The maximum Gasteiger partial charge on any atom is 0.143 e. The average Bonchev–Trinajstić information content (AvgIpc) is 3.00. The van der Waals surface area contributed by atoms with Gasteiger partial charge < -0.3 is 0 Å². The van der Waals surface area contributed by atoms with E-state index in [-0.39, 0.29) is 5.78 Å². The van der Waals surface area contributed by atoms with Crippen molar-refractivity contribution >= 4 is 28.0 Å². The van der Waals surface area contributed by atoms with E-state index < -0.39 is 0 Å². The van der Waals surface area contributed by atoms with Crippen LogP contribution in [-0.4, -0.2) is 15.6 Å². The van der Waals surface area contributed by atoms with Gasteiger partial charge in [-0.15, -0.1) is 0 Å². The summed E-state index contributed by atoms with van der Waals surface area (Å²) in [6, 6.07) is 10.0. The predicted octanol–water partition coefficient (Wildman–Crippen LogP) is 2.99. The molecular weight excluding hydrogens is 256 g/mol. The second-order valence-electron chi connectivity index (χ2n) is 4.61. The molecule has 0 saturated heterocycles. The Kier molecular flexibility index (Phi) is 3.17. The topological polar surface area (TPSA) is 34.9 Å². The quantitative estimate of drug-likeness (QED) is 0.730. The van der Waals surface area contributed by atoms with Crippen LogP contribution in [0.5, 0.6) is 0 Å². The smallest absolute Gasteiger partial charge is 0.143 e. The first kappa shape index (κ1) is 12.1. The number of para-hydroxylation sites is 1. The third-order valence-corrected chi connectivity index (χ3v) is 3.91. The maximum absolute atomic E-state index is 12.1. The molecule has 0 spiro atoms. The Morgan fingerprint density at radius 3 is 2.89 bits per heavy atom. The molecule has 0 bridgehead atoms. The fourth-order valence-electron chi connectivity index (χ4n) is 2.29. The van der Waals surface area contributed by atoms with Gasteiger partial charge in [0.25, 0.3) is 0 Å². The molecule has 0 N–H and O–H groups in total. The predicted molar refractivity (Wildman–Crippen MR) is 77.4 cm³/mol. The fraction of sp³-hybridized carbons (Fsp3) is 0.200. The lowest BCUT2D eigenvalue weighted by Crippen LogP contribution is -2.07. The summed E-state index contributed by atoms with van der Waals surface area (Å²) in [6.45, 7) is 0. The van der Waals surface area contributed by atoms with E-state index in [1.165, 1.54) is 0 Å². The summed E-state index contributed by atoms with van der Waals surface area (Å²) >= 11 is 1.62. The molecule has 0 fully saturated rings. The number of benzene rings is 1. The molecule has 3 aromatic rings. The minimum Gasteiger partial charge on any atom is -0.299 e. The average molecular weight is 270 g/mol. The molecule has 3 rings (SSSR count). The molecule has 4 heteroatoms. The molecule has 0 radical (unpaired) electrons. The molecule has 0 aliphatic carbocycles. The summed E-state index contributed by atoms with van der Waals surface area (Å²) in [5.74, 6) is 0.210. The monoisotopic (exact) mass is 270 g/mol. The first-order valence-electron chi connectivity index (χ1n) is 6.17. The summed E-state index contributed by atoms with van der Waals surface area (Å²) in [6.07, 6.45) is 0.894. The lowest BCUT2D eigenvalue weighted by molar-refractivity contribution is -0.117. The SMILES string of the molecule is Cn1nc(CC(=O)Cc2ccsc2)c2ccccc21. The number of aryl methyl sites for hydroxylation is 1. The zero-order valence-electron chi connectivity index (χ0n) is 10.7. The Morgan fingerprint density at radius 2 is 2.11 bits per heavy atom. The lowest BCUT2D eigenvalue weighted by atomic mass is 10.1. The number of nitrogens with zero attached hydrogens (tertiary/aromatic N) is 2. The molecule has 0 amide bonds. The third kappa shape index (κ3) is 2.44. The van der Waals surface area contributed by atoms with Gasteiger partial charge in [0.05, 0.1) is 17.6 Å². The highest BCUT2D eigenvalue weighted by Crippen LogP contribution is 2.18. The number of carbonyl (C=O) groups is 1. The van der Waals surface area contributed by atoms with Crippen LogP contribution >= 0.6 is 11.3 Å². The minimum absolute atomic E-state index is 0.210. The molecule has 1 aromatic carbocycles. The summed E-state index contributed by atoms with van der Waals surface area (Å²) < 4.78 is 1.84. The van der Waals surface area contributed by atoms with E-state index in [1.54, 1.807) is 11.3 Å². The first-order valence-corrected chi connectivity index (χ1v) is 7.12. The van der Waals surface area contributed by atoms with Crippen molar-refractivity contribution < 1.29 is 4.79 Å². The highest BCUT2D eigenvalue weighted by molar-refractivity contribution is 7.08. The summed E-state index contributed by atoms with van der Waals surface area (Å²) in [4.78, 5) is 12.1. The number of hydrogen-bond acceptors (Lipinski definition) is 3. The Morgan fingerprint density at radius 1 is 1.26 bits per heavy atom. The van der Waals surface area contributed by atoms with Crippen molar-refractivity contribution in [2.75, 3.05) is 0 Å². The molecule has 96 valence electrons. The van der Waals surface area contributed by atoms with Crippen molar-refractivity contribution in [2.24, 2.45) is 7.05 Å². The molecule has 0 unspecified atom stereocenters. The number of hydrogen-bond donors (Lipinski definition) is 0. The van der Waals surface area contributed by atoms with E-state index in [0.717, 1.165) is 22.2 Å². The van der Waals surface area contributed by atoms with Gasteiger partial charge in [0.2, 0.25) is 0 Å². The van der Waals surface area contributed by atoms with Crippen molar-refractivity contribution in [1.82, 2.24) is 9.78 Å².